The first kappa shape index (κ1) is 15.9. The van der Waals surface area contributed by atoms with Gasteiger partial charge in [0.1, 0.15) is 0 Å². The summed E-state index contributed by atoms with van der Waals surface area (Å²) in [5.41, 5.74) is 1.18. The number of hydrogen-bond donors (Lipinski definition) is 1. The molecule has 1 aromatic heterocycles. The average Bonchev–Trinajstić information content (AvgIpc) is 2.58. The second-order valence-electron chi connectivity index (χ2n) is 6.43. The predicted octanol–water partition coefficient (Wildman–Crippen LogP) is 0.656. The normalized spacial score (nSPS) is 23.0. The van der Waals surface area contributed by atoms with Crippen LogP contribution in [0.1, 0.15) is 18.5 Å². The highest BCUT2D eigenvalue weighted by Gasteiger charge is 2.27. The molecule has 0 radical (unpaired) electrons. The lowest BCUT2D eigenvalue weighted by atomic mass is 10.0. The van der Waals surface area contributed by atoms with Crippen molar-refractivity contribution in [3.05, 3.63) is 30.1 Å². The standard InChI is InChI=1S/C17H28N4O/c22-14-13-19-9-11-21(12-10-19)17-4-7-20(8-5-17)15-16-3-1-2-6-18-16/h1-3,6,17,22H,4-5,7-15H2. The third-order valence-electron chi connectivity index (χ3n) is 5.01. The van der Waals surface area contributed by atoms with Crippen molar-refractivity contribution in [2.45, 2.75) is 25.4 Å². The van der Waals surface area contributed by atoms with Crippen LogP contribution in [-0.4, -0.2) is 83.3 Å². The molecule has 0 unspecified atom stereocenters. The van der Waals surface area contributed by atoms with E-state index in [1.54, 1.807) is 0 Å². The molecule has 22 heavy (non-hydrogen) atoms. The summed E-state index contributed by atoms with van der Waals surface area (Å²) in [5, 5.41) is 9.02. The van der Waals surface area contributed by atoms with E-state index < -0.39 is 0 Å². The summed E-state index contributed by atoms with van der Waals surface area (Å²) in [4.78, 5) is 12.0. The molecule has 2 saturated heterocycles. The fraction of sp³-hybridized carbons (Fsp3) is 0.706. The zero-order valence-corrected chi connectivity index (χ0v) is 13.4. The number of aromatic nitrogens is 1. The summed E-state index contributed by atoms with van der Waals surface area (Å²) in [7, 11) is 0. The van der Waals surface area contributed by atoms with Gasteiger partial charge in [0.25, 0.3) is 0 Å². The largest absolute Gasteiger partial charge is 0.395 e. The summed E-state index contributed by atoms with van der Waals surface area (Å²) >= 11 is 0. The van der Waals surface area contributed by atoms with Crippen molar-refractivity contribution in [3.63, 3.8) is 0 Å². The van der Waals surface area contributed by atoms with Crippen LogP contribution < -0.4 is 0 Å². The van der Waals surface area contributed by atoms with Gasteiger partial charge >= 0.3 is 0 Å². The number of piperidine rings is 1. The first-order valence-corrected chi connectivity index (χ1v) is 8.54. The van der Waals surface area contributed by atoms with Crippen LogP contribution in [0.2, 0.25) is 0 Å². The average molecular weight is 304 g/mol. The van der Waals surface area contributed by atoms with Gasteiger partial charge in [-0.3, -0.25) is 19.7 Å². The van der Waals surface area contributed by atoms with Crippen molar-refractivity contribution in [1.29, 1.82) is 0 Å². The quantitative estimate of drug-likeness (QED) is 0.865. The Labute approximate surface area is 133 Å². The highest BCUT2D eigenvalue weighted by atomic mass is 16.3. The van der Waals surface area contributed by atoms with Crippen molar-refractivity contribution >= 4 is 0 Å². The predicted molar refractivity (Wildman–Crippen MR) is 87.6 cm³/mol. The fourth-order valence-electron chi connectivity index (χ4n) is 3.66. The van der Waals surface area contributed by atoms with E-state index in [0.29, 0.717) is 0 Å². The summed E-state index contributed by atoms with van der Waals surface area (Å²) in [6.07, 6.45) is 4.42. The van der Waals surface area contributed by atoms with Crippen LogP contribution in [0.3, 0.4) is 0 Å². The Bertz CT molecular complexity index is 426. The Morgan fingerprint density at radius 3 is 2.41 bits per heavy atom. The summed E-state index contributed by atoms with van der Waals surface area (Å²) in [5.74, 6) is 0. The number of piperazine rings is 1. The SMILES string of the molecule is OCCN1CCN(C2CCN(Cc3ccccn3)CC2)CC1. The third-order valence-corrected chi connectivity index (χ3v) is 5.01. The lowest BCUT2D eigenvalue weighted by molar-refractivity contribution is 0.0514. The zero-order chi connectivity index (χ0) is 15.2. The number of aliphatic hydroxyl groups excluding tert-OH is 1. The molecule has 2 fully saturated rings. The molecule has 0 spiro atoms. The van der Waals surface area contributed by atoms with E-state index in [2.05, 4.69) is 31.8 Å². The molecule has 0 bridgehead atoms. The highest BCUT2D eigenvalue weighted by molar-refractivity contribution is 5.03. The van der Waals surface area contributed by atoms with Crippen LogP contribution in [0.15, 0.2) is 24.4 Å². The number of pyridine rings is 1. The highest BCUT2D eigenvalue weighted by Crippen LogP contribution is 2.19. The lowest BCUT2D eigenvalue weighted by Crippen LogP contribution is -2.53. The Morgan fingerprint density at radius 2 is 1.77 bits per heavy atom. The molecule has 0 atom stereocenters. The van der Waals surface area contributed by atoms with Gasteiger partial charge in [0.15, 0.2) is 0 Å². The molecule has 2 aliphatic rings. The van der Waals surface area contributed by atoms with E-state index in [1.807, 2.05) is 12.3 Å². The van der Waals surface area contributed by atoms with Crippen LogP contribution in [0.5, 0.6) is 0 Å². The van der Waals surface area contributed by atoms with Crippen molar-refractivity contribution < 1.29 is 5.11 Å². The van der Waals surface area contributed by atoms with Gasteiger partial charge in [0.2, 0.25) is 0 Å². The van der Waals surface area contributed by atoms with Gasteiger partial charge in [-0.05, 0) is 25.0 Å². The van der Waals surface area contributed by atoms with Crippen LogP contribution in [0.4, 0.5) is 0 Å². The number of hydrogen-bond acceptors (Lipinski definition) is 5. The molecular weight excluding hydrogens is 276 g/mol. The molecular formula is C17H28N4O. The maximum atomic E-state index is 9.02. The van der Waals surface area contributed by atoms with Gasteiger partial charge < -0.3 is 5.11 Å². The molecule has 1 aromatic rings. The second kappa shape index (κ2) is 8.02. The molecule has 1 N–H and O–H groups in total. The molecule has 3 heterocycles. The van der Waals surface area contributed by atoms with Crippen LogP contribution in [0, 0.1) is 0 Å². The maximum absolute atomic E-state index is 9.02. The van der Waals surface area contributed by atoms with Gasteiger partial charge in [-0.2, -0.15) is 0 Å². The van der Waals surface area contributed by atoms with E-state index in [9.17, 15) is 0 Å². The molecule has 0 amide bonds. The molecule has 0 aromatic carbocycles. The second-order valence-corrected chi connectivity index (χ2v) is 6.43. The first-order valence-electron chi connectivity index (χ1n) is 8.54. The smallest absolute Gasteiger partial charge is 0.0558 e. The molecule has 0 saturated carbocycles. The van der Waals surface area contributed by atoms with Gasteiger partial charge in [0, 0.05) is 64.6 Å². The zero-order valence-electron chi connectivity index (χ0n) is 13.4. The van der Waals surface area contributed by atoms with E-state index in [0.717, 1.165) is 45.3 Å². The van der Waals surface area contributed by atoms with Crippen molar-refractivity contribution in [1.82, 2.24) is 19.7 Å². The van der Waals surface area contributed by atoms with E-state index in [-0.39, 0.29) is 6.61 Å². The minimum absolute atomic E-state index is 0.284. The number of nitrogens with zero attached hydrogens (tertiary/aromatic N) is 4. The fourth-order valence-corrected chi connectivity index (χ4v) is 3.66. The van der Waals surface area contributed by atoms with Gasteiger partial charge in [-0.25, -0.2) is 0 Å². The Hall–Kier alpha value is -1.01. The Morgan fingerprint density at radius 1 is 1.00 bits per heavy atom. The first-order chi connectivity index (χ1) is 10.8. The van der Waals surface area contributed by atoms with E-state index >= 15 is 0 Å². The minimum atomic E-state index is 0.284. The minimum Gasteiger partial charge on any atom is -0.395 e. The molecule has 0 aliphatic carbocycles. The topological polar surface area (TPSA) is 42.8 Å². The number of aliphatic hydroxyl groups is 1. The third kappa shape index (κ3) is 4.26. The number of likely N-dealkylation sites (tertiary alicyclic amines) is 1. The lowest BCUT2D eigenvalue weighted by Gasteiger charge is -2.42. The summed E-state index contributed by atoms with van der Waals surface area (Å²) in [6, 6.07) is 6.91. The van der Waals surface area contributed by atoms with Gasteiger partial charge in [-0.15, -0.1) is 0 Å². The van der Waals surface area contributed by atoms with Crippen molar-refractivity contribution in [3.8, 4) is 0 Å². The number of rotatable bonds is 5. The van der Waals surface area contributed by atoms with Crippen LogP contribution in [0.25, 0.3) is 0 Å². The van der Waals surface area contributed by atoms with Crippen LogP contribution in [-0.2, 0) is 6.54 Å². The van der Waals surface area contributed by atoms with Crippen molar-refractivity contribution in [2.75, 3.05) is 52.4 Å². The van der Waals surface area contributed by atoms with Crippen molar-refractivity contribution in [2.24, 2.45) is 0 Å². The van der Waals surface area contributed by atoms with E-state index in [4.69, 9.17) is 5.11 Å². The summed E-state index contributed by atoms with van der Waals surface area (Å²) in [6.45, 7) is 8.98. The summed E-state index contributed by atoms with van der Waals surface area (Å²) < 4.78 is 0. The van der Waals surface area contributed by atoms with Gasteiger partial charge in [-0.1, -0.05) is 6.07 Å². The number of β-amino-alcohol motifs (C(OH)–C–C–N with tert-alkyl or cyclic N) is 1. The molecule has 5 nitrogen and oxygen atoms in total. The Kier molecular flexibility index (Phi) is 5.78. The van der Waals surface area contributed by atoms with Crippen LogP contribution >= 0.6 is 0 Å². The maximum Gasteiger partial charge on any atom is 0.0558 e. The molecule has 122 valence electrons. The monoisotopic (exact) mass is 304 g/mol. The molecule has 5 heteroatoms. The van der Waals surface area contributed by atoms with Gasteiger partial charge in [0.05, 0.1) is 12.3 Å². The van der Waals surface area contributed by atoms with E-state index in [1.165, 1.54) is 31.6 Å². The Balaban J connectivity index is 1.40. The molecule has 2 aliphatic heterocycles. The molecule has 3 rings (SSSR count).